The molecule has 1 aromatic heterocycles. The molecule has 0 fully saturated rings. The second-order valence-electron chi connectivity index (χ2n) is 4.30. The van der Waals surface area contributed by atoms with Gasteiger partial charge in [0.1, 0.15) is 6.33 Å². The Morgan fingerprint density at radius 1 is 1.25 bits per heavy atom. The van der Waals surface area contributed by atoms with Gasteiger partial charge in [-0.2, -0.15) is 0 Å². The number of nitrogens with one attached hydrogen (secondary N) is 2. The zero-order valence-corrected chi connectivity index (χ0v) is 11.4. The minimum absolute atomic E-state index is 0.0260. The third kappa shape index (κ3) is 4.13. The van der Waals surface area contributed by atoms with Crippen LogP contribution in [0.4, 0.5) is 0 Å². The quantitative estimate of drug-likeness (QED) is 0.690. The Morgan fingerprint density at radius 2 is 2.05 bits per heavy atom. The highest BCUT2D eigenvalue weighted by Gasteiger charge is 2.03. The van der Waals surface area contributed by atoms with Crippen LogP contribution in [0.3, 0.4) is 0 Å². The second-order valence-corrected chi connectivity index (χ2v) is 4.30. The molecule has 0 saturated carbocycles. The first-order chi connectivity index (χ1) is 9.79. The molecule has 1 amide bonds. The standard InChI is InChI=1S/C13H18N6O/c1-2-14-7-8-15-13(20)9-11-3-5-12(6-4-11)19-10-16-17-18-19/h3-6,10,14H,2,7-9H2,1H3,(H,15,20). The van der Waals surface area contributed by atoms with Gasteiger partial charge in [-0.25, -0.2) is 4.68 Å². The van der Waals surface area contributed by atoms with Crippen molar-refractivity contribution in [2.24, 2.45) is 0 Å². The fourth-order valence-corrected chi connectivity index (χ4v) is 1.76. The van der Waals surface area contributed by atoms with Gasteiger partial charge in [0.05, 0.1) is 12.1 Å². The number of amides is 1. The topological polar surface area (TPSA) is 84.7 Å². The lowest BCUT2D eigenvalue weighted by atomic mass is 10.1. The first kappa shape index (κ1) is 14.1. The number of carbonyl (C=O) groups is 1. The lowest BCUT2D eigenvalue weighted by Crippen LogP contribution is -2.32. The van der Waals surface area contributed by atoms with Crippen LogP contribution in [0.15, 0.2) is 30.6 Å². The first-order valence-electron chi connectivity index (χ1n) is 6.59. The molecule has 0 bridgehead atoms. The van der Waals surface area contributed by atoms with Crippen LogP contribution in [-0.4, -0.2) is 45.7 Å². The highest BCUT2D eigenvalue weighted by atomic mass is 16.1. The van der Waals surface area contributed by atoms with Crippen LogP contribution >= 0.6 is 0 Å². The SMILES string of the molecule is CCNCCNC(=O)Cc1ccc(-n2cnnn2)cc1. The molecule has 0 unspecified atom stereocenters. The van der Waals surface area contributed by atoms with E-state index in [4.69, 9.17) is 0 Å². The van der Waals surface area contributed by atoms with Gasteiger partial charge in [-0.05, 0) is 34.7 Å². The van der Waals surface area contributed by atoms with Crippen molar-refractivity contribution in [1.82, 2.24) is 30.8 Å². The molecule has 0 radical (unpaired) electrons. The van der Waals surface area contributed by atoms with Gasteiger partial charge < -0.3 is 10.6 Å². The molecule has 2 aromatic rings. The summed E-state index contributed by atoms with van der Waals surface area (Å²) in [5.41, 5.74) is 1.83. The van der Waals surface area contributed by atoms with Crippen molar-refractivity contribution in [2.75, 3.05) is 19.6 Å². The predicted octanol–water partition coefficient (Wildman–Crippen LogP) is -0.0695. The fourth-order valence-electron chi connectivity index (χ4n) is 1.76. The first-order valence-corrected chi connectivity index (χ1v) is 6.59. The number of benzene rings is 1. The van der Waals surface area contributed by atoms with Gasteiger partial charge in [0.25, 0.3) is 0 Å². The molecule has 0 atom stereocenters. The molecule has 1 heterocycles. The minimum atomic E-state index is 0.0260. The van der Waals surface area contributed by atoms with Crippen molar-refractivity contribution >= 4 is 5.91 Å². The number of aromatic nitrogens is 4. The summed E-state index contributed by atoms with van der Waals surface area (Å²) < 4.78 is 1.57. The maximum Gasteiger partial charge on any atom is 0.224 e. The lowest BCUT2D eigenvalue weighted by Gasteiger charge is -2.06. The van der Waals surface area contributed by atoms with E-state index in [2.05, 4.69) is 26.2 Å². The molecule has 1 aromatic carbocycles. The summed E-state index contributed by atoms with van der Waals surface area (Å²) in [7, 11) is 0. The van der Waals surface area contributed by atoms with Crippen molar-refractivity contribution in [2.45, 2.75) is 13.3 Å². The Balaban J connectivity index is 1.83. The molecular weight excluding hydrogens is 256 g/mol. The van der Waals surface area contributed by atoms with Gasteiger partial charge in [0.15, 0.2) is 0 Å². The van der Waals surface area contributed by atoms with Crippen LogP contribution in [0.25, 0.3) is 5.69 Å². The molecule has 0 aliphatic rings. The van der Waals surface area contributed by atoms with E-state index in [9.17, 15) is 4.79 Å². The summed E-state index contributed by atoms with van der Waals surface area (Å²) >= 11 is 0. The third-order valence-electron chi connectivity index (χ3n) is 2.79. The van der Waals surface area contributed by atoms with Crippen LogP contribution in [0.5, 0.6) is 0 Å². The van der Waals surface area contributed by atoms with Gasteiger partial charge in [-0.15, -0.1) is 5.10 Å². The molecule has 0 saturated heterocycles. The van der Waals surface area contributed by atoms with Crippen molar-refractivity contribution in [3.63, 3.8) is 0 Å². The summed E-state index contributed by atoms with van der Waals surface area (Å²) in [5, 5.41) is 17.0. The molecule has 20 heavy (non-hydrogen) atoms. The fraction of sp³-hybridized carbons (Fsp3) is 0.385. The normalized spacial score (nSPS) is 10.4. The Kier molecular flexibility index (Phi) is 5.19. The summed E-state index contributed by atoms with van der Waals surface area (Å²) in [6.45, 7) is 4.39. The average Bonchev–Trinajstić information content (AvgIpc) is 2.99. The molecule has 0 aliphatic heterocycles. The second kappa shape index (κ2) is 7.34. The Hall–Kier alpha value is -2.28. The van der Waals surface area contributed by atoms with Crippen molar-refractivity contribution in [1.29, 1.82) is 0 Å². The van der Waals surface area contributed by atoms with Crippen LogP contribution in [0.2, 0.25) is 0 Å². The number of nitrogens with zero attached hydrogens (tertiary/aromatic N) is 4. The molecule has 2 N–H and O–H groups in total. The largest absolute Gasteiger partial charge is 0.355 e. The highest BCUT2D eigenvalue weighted by molar-refractivity contribution is 5.78. The van der Waals surface area contributed by atoms with Gasteiger partial charge in [0.2, 0.25) is 5.91 Å². The van der Waals surface area contributed by atoms with Gasteiger partial charge in [0, 0.05) is 13.1 Å². The van der Waals surface area contributed by atoms with Crippen LogP contribution in [0, 0.1) is 0 Å². The van der Waals surface area contributed by atoms with Crippen LogP contribution in [-0.2, 0) is 11.2 Å². The third-order valence-corrected chi connectivity index (χ3v) is 2.79. The van der Waals surface area contributed by atoms with E-state index >= 15 is 0 Å². The highest BCUT2D eigenvalue weighted by Crippen LogP contribution is 2.08. The molecule has 7 nitrogen and oxygen atoms in total. The number of carbonyl (C=O) groups excluding carboxylic acids is 1. The van der Waals surface area contributed by atoms with Crippen molar-refractivity contribution in [3.8, 4) is 5.69 Å². The molecule has 2 rings (SSSR count). The van der Waals surface area contributed by atoms with Gasteiger partial charge in [-0.3, -0.25) is 4.79 Å². The van der Waals surface area contributed by atoms with Crippen LogP contribution in [0.1, 0.15) is 12.5 Å². The van der Waals surface area contributed by atoms with Crippen molar-refractivity contribution in [3.05, 3.63) is 36.2 Å². The average molecular weight is 274 g/mol. The zero-order chi connectivity index (χ0) is 14.2. The van der Waals surface area contributed by atoms with E-state index in [1.54, 1.807) is 4.68 Å². The summed E-state index contributed by atoms with van der Waals surface area (Å²) in [5.74, 6) is 0.0260. The Morgan fingerprint density at radius 3 is 2.70 bits per heavy atom. The van der Waals surface area contributed by atoms with E-state index in [0.29, 0.717) is 13.0 Å². The van der Waals surface area contributed by atoms with E-state index < -0.39 is 0 Å². The number of rotatable bonds is 7. The molecule has 7 heteroatoms. The predicted molar refractivity (Wildman–Crippen MR) is 74.4 cm³/mol. The molecule has 106 valence electrons. The molecular formula is C13H18N6O. The number of tetrazole rings is 1. The monoisotopic (exact) mass is 274 g/mol. The van der Waals surface area contributed by atoms with E-state index in [1.807, 2.05) is 31.2 Å². The maximum atomic E-state index is 11.7. The smallest absolute Gasteiger partial charge is 0.224 e. The number of likely N-dealkylation sites (N-methyl/N-ethyl adjacent to an activating group) is 1. The maximum absolute atomic E-state index is 11.7. The summed E-state index contributed by atoms with van der Waals surface area (Å²) in [4.78, 5) is 11.7. The Labute approximate surface area is 117 Å². The molecule has 0 spiro atoms. The summed E-state index contributed by atoms with van der Waals surface area (Å²) in [6.07, 6.45) is 1.91. The van der Waals surface area contributed by atoms with E-state index in [0.717, 1.165) is 24.3 Å². The van der Waals surface area contributed by atoms with E-state index in [1.165, 1.54) is 6.33 Å². The van der Waals surface area contributed by atoms with Crippen molar-refractivity contribution < 1.29 is 4.79 Å². The summed E-state index contributed by atoms with van der Waals surface area (Å²) in [6, 6.07) is 7.58. The number of hydrogen-bond acceptors (Lipinski definition) is 5. The van der Waals surface area contributed by atoms with Crippen LogP contribution < -0.4 is 10.6 Å². The lowest BCUT2D eigenvalue weighted by molar-refractivity contribution is -0.120. The minimum Gasteiger partial charge on any atom is -0.355 e. The van der Waals surface area contributed by atoms with Gasteiger partial charge >= 0.3 is 0 Å². The Bertz CT molecular complexity index is 522. The zero-order valence-electron chi connectivity index (χ0n) is 11.4. The molecule has 0 aliphatic carbocycles. The number of hydrogen-bond donors (Lipinski definition) is 2. The van der Waals surface area contributed by atoms with Gasteiger partial charge in [-0.1, -0.05) is 19.1 Å². The van der Waals surface area contributed by atoms with E-state index in [-0.39, 0.29) is 5.91 Å².